The van der Waals surface area contributed by atoms with Crippen LogP contribution in [0.2, 0.25) is 0 Å². The molecule has 0 spiro atoms. The van der Waals surface area contributed by atoms with Crippen molar-refractivity contribution in [2.24, 2.45) is 5.92 Å². The first-order valence-corrected chi connectivity index (χ1v) is 3.57. The fourth-order valence-corrected chi connectivity index (χ4v) is 1.22. The van der Waals surface area contributed by atoms with Gasteiger partial charge in [0.15, 0.2) is 0 Å². The summed E-state index contributed by atoms with van der Waals surface area (Å²) in [5.41, 5.74) is 0. The highest BCUT2D eigenvalue weighted by Crippen LogP contribution is 2.18. The van der Waals surface area contributed by atoms with Crippen molar-refractivity contribution in [3.63, 3.8) is 0 Å². The molecule has 1 rings (SSSR count). The molecular weight excluding hydrogens is 116 g/mol. The van der Waals surface area contributed by atoms with Crippen LogP contribution in [0.5, 0.6) is 0 Å². The van der Waals surface area contributed by atoms with Crippen molar-refractivity contribution in [3.05, 3.63) is 0 Å². The van der Waals surface area contributed by atoms with Crippen LogP contribution in [0.3, 0.4) is 0 Å². The van der Waals surface area contributed by atoms with E-state index in [1.165, 1.54) is 6.42 Å². The molecule has 1 saturated heterocycles. The molecule has 2 nitrogen and oxygen atoms in total. The Kier molecular flexibility index (Phi) is 2.49. The van der Waals surface area contributed by atoms with Crippen molar-refractivity contribution >= 4 is 0 Å². The van der Waals surface area contributed by atoms with E-state index < -0.39 is 0 Å². The SMILES string of the molecule is C[C@H]1CCCOC1CO. The maximum absolute atomic E-state index is 8.74. The first-order valence-electron chi connectivity index (χ1n) is 3.57. The summed E-state index contributed by atoms with van der Waals surface area (Å²) < 4.78 is 5.29. The monoisotopic (exact) mass is 130 g/mol. The zero-order valence-corrected chi connectivity index (χ0v) is 5.84. The van der Waals surface area contributed by atoms with Crippen molar-refractivity contribution in [2.75, 3.05) is 13.2 Å². The summed E-state index contributed by atoms with van der Waals surface area (Å²) in [4.78, 5) is 0. The van der Waals surface area contributed by atoms with Gasteiger partial charge in [-0.25, -0.2) is 0 Å². The molecule has 1 N–H and O–H groups in total. The van der Waals surface area contributed by atoms with Gasteiger partial charge in [-0.2, -0.15) is 0 Å². The van der Waals surface area contributed by atoms with Gasteiger partial charge in [-0.15, -0.1) is 0 Å². The molecule has 2 heteroatoms. The van der Waals surface area contributed by atoms with Gasteiger partial charge in [-0.3, -0.25) is 0 Å². The Morgan fingerprint density at radius 1 is 1.67 bits per heavy atom. The van der Waals surface area contributed by atoms with Crippen LogP contribution in [0.4, 0.5) is 0 Å². The maximum Gasteiger partial charge on any atom is 0.0831 e. The van der Waals surface area contributed by atoms with Crippen molar-refractivity contribution in [1.29, 1.82) is 0 Å². The smallest absolute Gasteiger partial charge is 0.0831 e. The van der Waals surface area contributed by atoms with E-state index in [0.29, 0.717) is 5.92 Å². The Balaban J connectivity index is 2.30. The summed E-state index contributed by atoms with van der Waals surface area (Å²) in [7, 11) is 0. The molecule has 2 atom stereocenters. The molecule has 0 radical (unpaired) electrons. The van der Waals surface area contributed by atoms with Gasteiger partial charge in [0, 0.05) is 6.61 Å². The molecule has 0 saturated carbocycles. The zero-order chi connectivity index (χ0) is 6.69. The number of hydrogen-bond acceptors (Lipinski definition) is 2. The number of rotatable bonds is 1. The highest BCUT2D eigenvalue weighted by molar-refractivity contribution is 4.69. The van der Waals surface area contributed by atoms with Gasteiger partial charge >= 0.3 is 0 Å². The van der Waals surface area contributed by atoms with Gasteiger partial charge in [0.1, 0.15) is 0 Å². The molecule has 1 aliphatic rings. The van der Waals surface area contributed by atoms with Crippen LogP contribution in [0, 0.1) is 5.92 Å². The van der Waals surface area contributed by atoms with Crippen LogP contribution in [-0.2, 0) is 4.74 Å². The van der Waals surface area contributed by atoms with Crippen LogP contribution < -0.4 is 0 Å². The van der Waals surface area contributed by atoms with Crippen LogP contribution >= 0.6 is 0 Å². The molecule has 1 unspecified atom stereocenters. The standard InChI is InChI=1S/C7H14O2/c1-6-3-2-4-9-7(6)5-8/h6-8H,2-5H2,1H3/t6-,7?/m0/s1. The molecule has 0 amide bonds. The average molecular weight is 130 g/mol. The lowest BCUT2D eigenvalue weighted by Crippen LogP contribution is -2.30. The van der Waals surface area contributed by atoms with Gasteiger partial charge in [0.2, 0.25) is 0 Å². The molecular formula is C7H14O2. The molecule has 0 aromatic heterocycles. The van der Waals surface area contributed by atoms with Gasteiger partial charge in [0.25, 0.3) is 0 Å². The largest absolute Gasteiger partial charge is 0.394 e. The minimum absolute atomic E-state index is 0.110. The van der Waals surface area contributed by atoms with Crippen molar-refractivity contribution in [1.82, 2.24) is 0 Å². The summed E-state index contributed by atoms with van der Waals surface area (Å²) in [5.74, 6) is 0.545. The summed E-state index contributed by atoms with van der Waals surface area (Å²) in [5, 5.41) is 8.74. The van der Waals surface area contributed by atoms with E-state index in [1.54, 1.807) is 0 Å². The molecule has 9 heavy (non-hydrogen) atoms. The molecule has 0 aromatic carbocycles. The van der Waals surface area contributed by atoms with E-state index in [2.05, 4.69) is 6.92 Å². The minimum Gasteiger partial charge on any atom is -0.394 e. The third-order valence-corrected chi connectivity index (χ3v) is 1.95. The Bertz CT molecular complexity index is 83.0. The molecule has 0 aromatic rings. The lowest BCUT2D eigenvalue weighted by Gasteiger charge is -2.27. The quantitative estimate of drug-likeness (QED) is 0.568. The summed E-state index contributed by atoms with van der Waals surface area (Å²) in [6, 6.07) is 0. The number of hydrogen-bond donors (Lipinski definition) is 1. The van der Waals surface area contributed by atoms with E-state index in [0.717, 1.165) is 13.0 Å². The molecule has 1 fully saturated rings. The van der Waals surface area contributed by atoms with Crippen molar-refractivity contribution in [3.8, 4) is 0 Å². The molecule has 1 heterocycles. The van der Waals surface area contributed by atoms with E-state index in [-0.39, 0.29) is 12.7 Å². The Morgan fingerprint density at radius 3 is 2.89 bits per heavy atom. The third-order valence-electron chi connectivity index (χ3n) is 1.95. The first-order chi connectivity index (χ1) is 4.34. The second kappa shape index (κ2) is 3.18. The van der Waals surface area contributed by atoms with Crippen LogP contribution in [-0.4, -0.2) is 24.4 Å². The van der Waals surface area contributed by atoms with Gasteiger partial charge in [-0.05, 0) is 18.8 Å². The number of aliphatic hydroxyl groups is 1. The predicted octanol–water partition coefficient (Wildman–Crippen LogP) is 0.794. The van der Waals surface area contributed by atoms with Crippen molar-refractivity contribution in [2.45, 2.75) is 25.9 Å². The van der Waals surface area contributed by atoms with Gasteiger partial charge < -0.3 is 9.84 Å². The van der Waals surface area contributed by atoms with Crippen molar-refractivity contribution < 1.29 is 9.84 Å². The van der Waals surface area contributed by atoms with E-state index in [1.807, 2.05) is 0 Å². The molecule has 54 valence electrons. The van der Waals surface area contributed by atoms with Crippen LogP contribution in [0.15, 0.2) is 0 Å². The first kappa shape index (κ1) is 7.03. The predicted molar refractivity (Wildman–Crippen MR) is 35.2 cm³/mol. The summed E-state index contributed by atoms with van der Waals surface area (Å²) >= 11 is 0. The molecule has 1 aliphatic heterocycles. The lowest BCUT2D eigenvalue weighted by molar-refractivity contribution is -0.0493. The Morgan fingerprint density at radius 2 is 2.44 bits per heavy atom. The van der Waals surface area contributed by atoms with E-state index >= 15 is 0 Å². The topological polar surface area (TPSA) is 29.5 Å². The second-order valence-electron chi connectivity index (χ2n) is 2.71. The lowest BCUT2D eigenvalue weighted by atomic mass is 9.97. The summed E-state index contributed by atoms with van der Waals surface area (Å²) in [6.07, 6.45) is 2.46. The number of aliphatic hydroxyl groups excluding tert-OH is 1. The fourth-order valence-electron chi connectivity index (χ4n) is 1.22. The zero-order valence-electron chi connectivity index (χ0n) is 5.84. The van der Waals surface area contributed by atoms with E-state index in [4.69, 9.17) is 9.84 Å². The van der Waals surface area contributed by atoms with Gasteiger partial charge in [0.05, 0.1) is 12.7 Å². The van der Waals surface area contributed by atoms with Crippen LogP contribution in [0.25, 0.3) is 0 Å². The Labute approximate surface area is 55.8 Å². The molecule has 0 bridgehead atoms. The third kappa shape index (κ3) is 1.66. The normalized spacial score (nSPS) is 36.7. The molecule has 0 aliphatic carbocycles. The summed E-state index contributed by atoms with van der Waals surface area (Å²) in [6.45, 7) is 3.14. The van der Waals surface area contributed by atoms with E-state index in [9.17, 15) is 0 Å². The van der Waals surface area contributed by atoms with Crippen LogP contribution in [0.1, 0.15) is 19.8 Å². The average Bonchev–Trinajstić information content (AvgIpc) is 1.89. The highest BCUT2D eigenvalue weighted by atomic mass is 16.5. The Hall–Kier alpha value is -0.0800. The van der Waals surface area contributed by atoms with Gasteiger partial charge in [-0.1, -0.05) is 6.92 Å². The number of ether oxygens (including phenoxy) is 1. The highest BCUT2D eigenvalue weighted by Gasteiger charge is 2.20. The maximum atomic E-state index is 8.74. The minimum atomic E-state index is 0.110. The fraction of sp³-hybridized carbons (Fsp3) is 1.00. The second-order valence-corrected chi connectivity index (χ2v) is 2.71.